The highest BCUT2D eigenvalue weighted by Crippen LogP contribution is 2.02. The highest BCUT2D eigenvalue weighted by molar-refractivity contribution is 5.96. The van der Waals surface area contributed by atoms with Crippen LogP contribution in [-0.2, 0) is 28.8 Å². The van der Waals surface area contributed by atoms with Crippen molar-refractivity contribution in [2.75, 3.05) is 13.2 Å². The quantitative estimate of drug-likeness (QED) is 0.124. The topological polar surface area (TPSA) is 271 Å². The van der Waals surface area contributed by atoms with Gasteiger partial charge in [0, 0.05) is 6.42 Å². The molecule has 15 heteroatoms. The summed E-state index contributed by atoms with van der Waals surface area (Å²) in [4.78, 5) is 69.4. The van der Waals surface area contributed by atoms with Crippen LogP contribution in [0.4, 0.5) is 0 Å². The Bertz CT molecular complexity index is 670. The second-order valence-corrected chi connectivity index (χ2v) is 6.10. The van der Waals surface area contributed by atoms with Crippen molar-refractivity contribution in [2.24, 2.45) is 11.5 Å². The summed E-state index contributed by atoms with van der Waals surface area (Å²) in [6.07, 6.45) is -1.78. The minimum absolute atomic E-state index is 0.474. The number of nitrogens with one attached hydrogen (secondary N) is 3. The van der Waals surface area contributed by atoms with E-state index in [4.69, 9.17) is 31.9 Å². The maximum atomic E-state index is 12.4. The molecule has 0 spiro atoms. The van der Waals surface area contributed by atoms with E-state index in [2.05, 4.69) is 10.6 Å². The molecular formula is C15H25N5O10. The molecule has 4 unspecified atom stereocenters. The van der Waals surface area contributed by atoms with Crippen LogP contribution in [-0.4, -0.2) is 93.4 Å². The fourth-order valence-corrected chi connectivity index (χ4v) is 2.04. The first-order valence-electron chi connectivity index (χ1n) is 8.54. The minimum Gasteiger partial charge on any atom is -0.481 e. The molecule has 0 aliphatic carbocycles. The van der Waals surface area contributed by atoms with Gasteiger partial charge >= 0.3 is 11.9 Å². The van der Waals surface area contributed by atoms with E-state index in [0.717, 1.165) is 0 Å². The van der Waals surface area contributed by atoms with Gasteiger partial charge in [0.2, 0.25) is 23.6 Å². The average Bonchev–Trinajstić information content (AvgIpc) is 2.66. The van der Waals surface area contributed by atoms with Gasteiger partial charge in [-0.15, -0.1) is 0 Å². The van der Waals surface area contributed by atoms with Crippen molar-refractivity contribution in [1.29, 1.82) is 0 Å². The number of carbonyl (C=O) groups is 6. The predicted octanol–water partition coefficient (Wildman–Crippen LogP) is -5.42. The summed E-state index contributed by atoms with van der Waals surface area (Å²) >= 11 is 0. The normalized spacial score (nSPS) is 14.5. The Kier molecular flexibility index (Phi) is 11.6. The number of aliphatic hydroxyl groups excluding tert-OH is 2. The van der Waals surface area contributed by atoms with Crippen LogP contribution in [0.2, 0.25) is 0 Å². The van der Waals surface area contributed by atoms with Crippen LogP contribution in [0, 0.1) is 0 Å². The van der Waals surface area contributed by atoms with Crippen molar-refractivity contribution in [3.05, 3.63) is 0 Å². The maximum Gasteiger partial charge on any atom is 0.328 e. The molecule has 0 bridgehead atoms. The number of rotatable bonds is 14. The second-order valence-electron chi connectivity index (χ2n) is 6.10. The molecule has 0 aromatic heterocycles. The smallest absolute Gasteiger partial charge is 0.328 e. The molecule has 170 valence electrons. The number of carbonyl (C=O) groups excluding carboxylic acids is 4. The van der Waals surface area contributed by atoms with Gasteiger partial charge in [-0.1, -0.05) is 0 Å². The molecule has 0 aromatic rings. The largest absolute Gasteiger partial charge is 0.481 e. The highest BCUT2D eigenvalue weighted by Gasteiger charge is 2.31. The highest BCUT2D eigenvalue weighted by atomic mass is 16.4. The van der Waals surface area contributed by atoms with Crippen LogP contribution >= 0.6 is 0 Å². The van der Waals surface area contributed by atoms with Gasteiger partial charge in [0.15, 0.2) is 0 Å². The fraction of sp³-hybridized carbons (Fsp3) is 0.600. The standard InChI is InChI=1S/C15H25N5O10/c16-6(4-21)12(26)19-8(3-10(17)23)14(28)18-7(1-2-11(24)25)13(27)20-9(5-22)15(29)30/h6-9,21-22H,1-5,16H2,(H2,17,23)(H,18,28)(H,19,26)(H,20,27)(H,24,25)(H,29,30). The van der Waals surface area contributed by atoms with Crippen molar-refractivity contribution in [3.63, 3.8) is 0 Å². The molecule has 0 aliphatic heterocycles. The first-order chi connectivity index (χ1) is 13.9. The Morgan fingerprint density at radius 1 is 0.767 bits per heavy atom. The molecular weight excluding hydrogens is 410 g/mol. The van der Waals surface area contributed by atoms with E-state index in [1.54, 1.807) is 0 Å². The first-order valence-corrected chi connectivity index (χ1v) is 8.54. The Hall–Kier alpha value is -3.30. The SMILES string of the molecule is NC(=O)CC(NC(=O)C(N)CO)C(=O)NC(CCC(=O)O)C(=O)NC(CO)C(=O)O. The molecule has 0 radical (unpaired) electrons. The predicted molar refractivity (Wildman–Crippen MR) is 96.3 cm³/mol. The lowest BCUT2D eigenvalue weighted by Crippen LogP contribution is -2.58. The summed E-state index contributed by atoms with van der Waals surface area (Å²) in [6.45, 7) is -1.74. The molecule has 4 amide bonds. The van der Waals surface area contributed by atoms with E-state index in [1.807, 2.05) is 5.32 Å². The lowest BCUT2D eigenvalue weighted by molar-refractivity contribution is -0.144. The minimum atomic E-state index is -1.72. The van der Waals surface area contributed by atoms with E-state index in [1.165, 1.54) is 0 Å². The van der Waals surface area contributed by atoms with Crippen molar-refractivity contribution in [2.45, 2.75) is 43.4 Å². The molecule has 0 heterocycles. The molecule has 0 aliphatic rings. The molecule has 0 rings (SSSR count). The van der Waals surface area contributed by atoms with E-state index in [-0.39, 0.29) is 0 Å². The van der Waals surface area contributed by atoms with Crippen LogP contribution < -0.4 is 27.4 Å². The molecule has 0 saturated carbocycles. The third-order valence-electron chi connectivity index (χ3n) is 3.65. The summed E-state index contributed by atoms with van der Waals surface area (Å²) in [7, 11) is 0. The van der Waals surface area contributed by atoms with E-state index in [0.29, 0.717) is 0 Å². The Labute approximate surface area is 169 Å². The van der Waals surface area contributed by atoms with Crippen LogP contribution in [0.5, 0.6) is 0 Å². The summed E-state index contributed by atoms with van der Waals surface area (Å²) < 4.78 is 0. The van der Waals surface area contributed by atoms with Gasteiger partial charge in [-0.2, -0.15) is 0 Å². The number of hydrogen-bond acceptors (Lipinski definition) is 9. The van der Waals surface area contributed by atoms with Crippen LogP contribution in [0.3, 0.4) is 0 Å². The molecule has 11 N–H and O–H groups in total. The third-order valence-corrected chi connectivity index (χ3v) is 3.65. The summed E-state index contributed by atoms with van der Waals surface area (Å²) in [5, 5.41) is 41.6. The Morgan fingerprint density at radius 3 is 1.70 bits per heavy atom. The number of amides is 4. The average molecular weight is 435 g/mol. The van der Waals surface area contributed by atoms with Crippen molar-refractivity contribution in [1.82, 2.24) is 16.0 Å². The van der Waals surface area contributed by atoms with E-state index < -0.39 is 92.2 Å². The van der Waals surface area contributed by atoms with Crippen LogP contribution in [0.25, 0.3) is 0 Å². The number of hydrogen-bond donors (Lipinski definition) is 9. The van der Waals surface area contributed by atoms with Crippen molar-refractivity contribution in [3.8, 4) is 0 Å². The van der Waals surface area contributed by atoms with Gasteiger partial charge in [-0.25, -0.2) is 4.79 Å². The van der Waals surface area contributed by atoms with Gasteiger partial charge in [0.05, 0.1) is 19.6 Å². The summed E-state index contributed by atoms with van der Waals surface area (Å²) in [5.41, 5.74) is 10.3. The van der Waals surface area contributed by atoms with Gasteiger partial charge in [0.1, 0.15) is 24.2 Å². The second kappa shape index (κ2) is 13.0. The van der Waals surface area contributed by atoms with Crippen LogP contribution in [0.15, 0.2) is 0 Å². The van der Waals surface area contributed by atoms with Crippen molar-refractivity contribution >= 4 is 35.6 Å². The Balaban J connectivity index is 5.45. The number of nitrogens with two attached hydrogens (primary N) is 2. The first kappa shape index (κ1) is 26.7. The molecule has 15 nitrogen and oxygen atoms in total. The molecule has 30 heavy (non-hydrogen) atoms. The van der Waals surface area contributed by atoms with E-state index in [9.17, 15) is 28.8 Å². The molecule has 0 aromatic carbocycles. The molecule has 0 fully saturated rings. The molecule has 0 saturated heterocycles. The summed E-state index contributed by atoms with van der Waals surface area (Å²) in [5.74, 6) is -7.15. The Morgan fingerprint density at radius 2 is 1.27 bits per heavy atom. The van der Waals surface area contributed by atoms with Gasteiger partial charge < -0.3 is 47.8 Å². The van der Waals surface area contributed by atoms with Gasteiger partial charge in [-0.05, 0) is 6.42 Å². The lowest BCUT2D eigenvalue weighted by atomic mass is 10.1. The zero-order chi connectivity index (χ0) is 23.4. The fourth-order valence-electron chi connectivity index (χ4n) is 2.04. The number of aliphatic hydroxyl groups is 2. The zero-order valence-electron chi connectivity index (χ0n) is 15.7. The lowest BCUT2D eigenvalue weighted by Gasteiger charge is -2.24. The number of carboxylic acids is 2. The van der Waals surface area contributed by atoms with Crippen molar-refractivity contribution < 1.29 is 49.2 Å². The summed E-state index contributed by atoms with van der Waals surface area (Å²) in [6, 6.07) is -6.33. The van der Waals surface area contributed by atoms with Gasteiger partial charge in [0.25, 0.3) is 0 Å². The third kappa shape index (κ3) is 9.76. The zero-order valence-corrected chi connectivity index (χ0v) is 15.7. The number of carboxylic acid groups (broad SMARTS) is 2. The maximum absolute atomic E-state index is 12.4. The number of aliphatic carboxylic acids is 2. The van der Waals surface area contributed by atoms with Crippen LogP contribution in [0.1, 0.15) is 19.3 Å². The van der Waals surface area contributed by atoms with E-state index >= 15 is 0 Å². The number of primary amides is 1. The molecule has 4 atom stereocenters. The monoisotopic (exact) mass is 435 g/mol. The van der Waals surface area contributed by atoms with Gasteiger partial charge in [-0.3, -0.25) is 24.0 Å².